The third kappa shape index (κ3) is 3.55. The lowest BCUT2D eigenvalue weighted by atomic mass is 10.1. The number of nitrogens with one attached hydrogen (secondary N) is 2. The zero-order valence-electron chi connectivity index (χ0n) is 11.4. The van der Waals surface area contributed by atoms with Crippen molar-refractivity contribution in [2.75, 3.05) is 6.54 Å². The Kier molecular flexibility index (Phi) is 4.64. The number of aromatic nitrogens is 1. The molecular formula is C14H13N3O5. The van der Waals surface area contributed by atoms with Crippen LogP contribution >= 0.6 is 0 Å². The maximum Gasteiger partial charge on any atom is 0.269 e. The molecule has 8 heteroatoms. The van der Waals surface area contributed by atoms with Crippen molar-refractivity contribution in [2.45, 2.75) is 6.10 Å². The van der Waals surface area contributed by atoms with E-state index >= 15 is 0 Å². The van der Waals surface area contributed by atoms with Crippen LogP contribution in [-0.2, 0) is 0 Å². The largest absolute Gasteiger partial charge is 0.387 e. The minimum absolute atomic E-state index is 0.0570. The molecule has 0 aliphatic carbocycles. The Balaban J connectivity index is 1.99. The number of rotatable bonds is 5. The van der Waals surface area contributed by atoms with E-state index in [4.69, 9.17) is 0 Å². The smallest absolute Gasteiger partial charge is 0.269 e. The first kappa shape index (κ1) is 15.4. The van der Waals surface area contributed by atoms with Crippen LogP contribution in [0.25, 0.3) is 0 Å². The van der Waals surface area contributed by atoms with Gasteiger partial charge >= 0.3 is 0 Å². The first-order chi connectivity index (χ1) is 10.5. The molecule has 0 saturated heterocycles. The molecule has 8 nitrogen and oxygen atoms in total. The second-order valence-corrected chi connectivity index (χ2v) is 4.49. The second kappa shape index (κ2) is 6.64. The molecule has 0 unspecified atom stereocenters. The number of nitrogens with zero attached hydrogens (tertiary/aromatic N) is 1. The molecule has 1 heterocycles. The van der Waals surface area contributed by atoms with E-state index in [9.17, 15) is 24.8 Å². The molecule has 0 aliphatic rings. The van der Waals surface area contributed by atoms with Crippen LogP contribution in [0.5, 0.6) is 0 Å². The average Bonchev–Trinajstić information content (AvgIpc) is 2.52. The van der Waals surface area contributed by atoms with Gasteiger partial charge < -0.3 is 15.4 Å². The molecule has 0 aliphatic heterocycles. The van der Waals surface area contributed by atoms with Crippen LogP contribution in [0.1, 0.15) is 22.0 Å². The number of carbonyl (C=O) groups is 1. The molecule has 1 amide bonds. The van der Waals surface area contributed by atoms with E-state index in [1.807, 2.05) is 0 Å². The topological polar surface area (TPSA) is 125 Å². The summed E-state index contributed by atoms with van der Waals surface area (Å²) < 4.78 is 0. The number of aromatic amines is 1. The molecule has 22 heavy (non-hydrogen) atoms. The zero-order chi connectivity index (χ0) is 16.1. The fourth-order valence-electron chi connectivity index (χ4n) is 1.82. The summed E-state index contributed by atoms with van der Waals surface area (Å²) in [6.07, 6.45) is 0.373. The van der Waals surface area contributed by atoms with E-state index in [0.29, 0.717) is 5.56 Å². The van der Waals surface area contributed by atoms with Gasteiger partial charge in [-0.05, 0) is 29.8 Å². The second-order valence-electron chi connectivity index (χ2n) is 4.49. The summed E-state index contributed by atoms with van der Waals surface area (Å²) in [5.41, 5.74) is -0.244. The van der Waals surface area contributed by atoms with Crippen molar-refractivity contribution in [3.8, 4) is 0 Å². The first-order valence-corrected chi connectivity index (χ1v) is 6.37. The van der Waals surface area contributed by atoms with Crippen LogP contribution in [0.4, 0.5) is 5.69 Å². The van der Waals surface area contributed by atoms with Gasteiger partial charge in [0.2, 0.25) is 0 Å². The van der Waals surface area contributed by atoms with Gasteiger partial charge in [-0.15, -0.1) is 0 Å². The van der Waals surface area contributed by atoms with Gasteiger partial charge in [0.05, 0.1) is 11.0 Å². The molecule has 1 aromatic heterocycles. The number of amides is 1. The number of nitro benzene ring substituents is 1. The summed E-state index contributed by atoms with van der Waals surface area (Å²) in [6.45, 7) is -0.120. The van der Waals surface area contributed by atoms with Crippen molar-refractivity contribution in [3.63, 3.8) is 0 Å². The molecule has 114 valence electrons. The Labute approximate surface area is 124 Å². The van der Waals surface area contributed by atoms with Crippen LogP contribution in [0.3, 0.4) is 0 Å². The van der Waals surface area contributed by atoms with E-state index in [-0.39, 0.29) is 17.8 Å². The van der Waals surface area contributed by atoms with E-state index in [0.717, 1.165) is 0 Å². The van der Waals surface area contributed by atoms with Crippen molar-refractivity contribution in [2.24, 2.45) is 0 Å². The standard InChI is InChI=1S/C14H13N3O5/c18-12(9-3-5-10(6-4-9)17(21)22)8-16-14(20)11-2-1-7-15-13(11)19/h1-7,12,18H,8H2,(H,15,19)(H,16,20)/t12-/m0/s1. The number of H-pyrrole nitrogens is 1. The Morgan fingerprint density at radius 3 is 2.59 bits per heavy atom. The number of benzene rings is 1. The van der Waals surface area contributed by atoms with Crippen molar-refractivity contribution in [1.29, 1.82) is 0 Å². The van der Waals surface area contributed by atoms with Crippen molar-refractivity contribution >= 4 is 11.6 Å². The molecule has 0 spiro atoms. The monoisotopic (exact) mass is 303 g/mol. The highest BCUT2D eigenvalue weighted by molar-refractivity contribution is 5.93. The summed E-state index contributed by atoms with van der Waals surface area (Å²) in [4.78, 5) is 35.6. The highest BCUT2D eigenvalue weighted by Crippen LogP contribution is 2.17. The Morgan fingerprint density at radius 2 is 2.00 bits per heavy atom. The van der Waals surface area contributed by atoms with E-state index < -0.39 is 22.5 Å². The minimum Gasteiger partial charge on any atom is -0.387 e. The fraction of sp³-hybridized carbons (Fsp3) is 0.143. The lowest BCUT2D eigenvalue weighted by Crippen LogP contribution is -2.32. The quantitative estimate of drug-likeness (QED) is 0.555. The van der Waals surface area contributed by atoms with Crippen molar-refractivity contribution in [1.82, 2.24) is 10.3 Å². The van der Waals surface area contributed by atoms with Gasteiger partial charge in [-0.3, -0.25) is 19.7 Å². The Morgan fingerprint density at radius 1 is 1.32 bits per heavy atom. The summed E-state index contributed by atoms with van der Waals surface area (Å²) in [5.74, 6) is -0.609. The highest BCUT2D eigenvalue weighted by atomic mass is 16.6. The SMILES string of the molecule is O=C(NC[C@H](O)c1ccc([N+](=O)[O-])cc1)c1ccc[nH]c1=O. The maximum absolute atomic E-state index is 11.8. The fourth-order valence-corrected chi connectivity index (χ4v) is 1.82. The average molecular weight is 303 g/mol. The van der Waals surface area contributed by atoms with Gasteiger partial charge in [0.25, 0.3) is 17.2 Å². The van der Waals surface area contributed by atoms with Crippen LogP contribution < -0.4 is 10.9 Å². The number of hydrogen-bond donors (Lipinski definition) is 3. The summed E-state index contributed by atoms with van der Waals surface area (Å²) in [6, 6.07) is 8.23. The molecule has 0 bridgehead atoms. The number of non-ortho nitro benzene ring substituents is 1. The molecule has 1 aromatic carbocycles. The lowest BCUT2D eigenvalue weighted by molar-refractivity contribution is -0.384. The zero-order valence-corrected chi connectivity index (χ0v) is 11.4. The third-order valence-corrected chi connectivity index (χ3v) is 3.01. The molecule has 0 fully saturated rings. The van der Waals surface area contributed by atoms with Crippen molar-refractivity contribution < 1.29 is 14.8 Å². The molecule has 3 N–H and O–H groups in total. The molecule has 2 rings (SSSR count). The normalized spacial score (nSPS) is 11.7. The van der Waals surface area contributed by atoms with Gasteiger partial charge in [0.1, 0.15) is 5.56 Å². The summed E-state index contributed by atoms with van der Waals surface area (Å²) in [5, 5.41) is 22.9. The Bertz CT molecular complexity index is 739. The Hall–Kier alpha value is -3.00. The van der Waals surface area contributed by atoms with E-state index in [1.165, 1.54) is 42.6 Å². The molecule has 1 atom stereocenters. The van der Waals surface area contributed by atoms with Gasteiger partial charge in [0.15, 0.2) is 0 Å². The number of carbonyl (C=O) groups excluding carboxylic acids is 1. The van der Waals surface area contributed by atoms with E-state index in [2.05, 4.69) is 10.3 Å². The van der Waals surface area contributed by atoms with Gasteiger partial charge in [-0.2, -0.15) is 0 Å². The number of aliphatic hydroxyl groups excluding tert-OH is 1. The minimum atomic E-state index is -1.03. The summed E-state index contributed by atoms with van der Waals surface area (Å²) >= 11 is 0. The van der Waals surface area contributed by atoms with E-state index in [1.54, 1.807) is 0 Å². The third-order valence-electron chi connectivity index (χ3n) is 3.01. The van der Waals surface area contributed by atoms with Crippen LogP contribution in [0, 0.1) is 10.1 Å². The number of pyridine rings is 1. The summed E-state index contributed by atoms with van der Waals surface area (Å²) in [7, 11) is 0. The van der Waals surface area contributed by atoms with Crippen LogP contribution in [0.15, 0.2) is 47.4 Å². The van der Waals surface area contributed by atoms with Gasteiger partial charge in [-0.1, -0.05) is 0 Å². The van der Waals surface area contributed by atoms with Gasteiger partial charge in [0, 0.05) is 24.9 Å². The van der Waals surface area contributed by atoms with Crippen LogP contribution in [0.2, 0.25) is 0 Å². The molecule has 2 aromatic rings. The van der Waals surface area contributed by atoms with Crippen molar-refractivity contribution in [3.05, 3.63) is 74.2 Å². The van der Waals surface area contributed by atoms with Gasteiger partial charge in [-0.25, -0.2) is 0 Å². The maximum atomic E-state index is 11.8. The highest BCUT2D eigenvalue weighted by Gasteiger charge is 2.14. The number of aliphatic hydroxyl groups is 1. The number of hydrogen-bond acceptors (Lipinski definition) is 5. The predicted octanol–water partition coefficient (Wildman–Crippen LogP) is 0.746. The predicted molar refractivity (Wildman–Crippen MR) is 77.5 cm³/mol. The molecular weight excluding hydrogens is 290 g/mol. The number of nitro groups is 1. The lowest BCUT2D eigenvalue weighted by Gasteiger charge is -2.11. The molecule has 0 saturated carbocycles. The van der Waals surface area contributed by atoms with Crippen LogP contribution in [-0.4, -0.2) is 27.5 Å². The first-order valence-electron chi connectivity index (χ1n) is 6.37. The molecule has 0 radical (unpaired) electrons.